The Morgan fingerprint density at radius 3 is 2.50 bits per heavy atom. The van der Waals surface area contributed by atoms with Crippen molar-refractivity contribution in [3.63, 3.8) is 0 Å². The van der Waals surface area contributed by atoms with Crippen LogP contribution in [0.1, 0.15) is 0 Å². The molecule has 8 nitrogen and oxygen atoms in total. The number of nitrogen functional groups attached to an aromatic ring is 2. The van der Waals surface area contributed by atoms with Gasteiger partial charge in [-0.1, -0.05) is 0 Å². The van der Waals surface area contributed by atoms with E-state index in [0.717, 1.165) is 0 Å². The fraction of sp³-hybridized carbons (Fsp3) is 0.333. The van der Waals surface area contributed by atoms with Crippen molar-refractivity contribution in [3.8, 4) is 0 Å². The lowest BCUT2D eigenvalue weighted by Gasteiger charge is -2.26. The van der Waals surface area contributed by atoms with Crippen molar-refractivity contribution in [2.45, 2.75) is 4.90 Å². The van der Waals surface area contributed by atoms with Gasteiger partial charge in [-0.3, -0.25) is 0 Å². The summed E-state index contributed by atoms with van der Waals surface area (Å²) in [6.07, 6.45) is 0. The van der Waals surface area contributed by atoms with Crippen LogP contribution >= 0.6 is 12.4 Å². The van der Waals surface area contributed by atoms with Crippen LogP contribution in [0.2, 0.25) is 0 Å². The summed E-state index contributed by atoms with van der Waals surface area (Å²) in [5.41, 5.74) is 11.8. The normalized spacial score (nSPS) is 16.4. The third-order valence-electron chi connectivity index (χ3n) is 3.32. The standard InChI is InChI=1S/C12H15N5O3S.ClH/c13-11-9-7-8(1-2-10(9)15-12(14)16-11)21(18,19)17-3-5-20-6-4-17;/h1-2,7H,3-6H2,(H4,13,14,15,16);1H. The SMILES string of the molecule is Cl.Nc1nc(N)c2cc(S(=O)(=O)N3CCOCC3)ccc2n1. The number of aromatic nitrogens is 2. The van der Waals surface area contributed by atoms with Crippen molar-refractivity contribution in [3.05, 3.63) is 18.2 Å². The van der Waals surface area contributed by atoms with Crippen molar-refractivity contribution in [2.75, 3.05) is 37.8 Å². The van der Waals surface area contributed by atoms with E-state index in [-0.39, 0.29) is 29.1 Å². The number of hydrogen-bond donors (Lipinski definition) is 2. The summed E-state index contributed by atoms with van der Waals surface area (Å²) in [4.78, 5) is 8.05. The van der Waals surface area contributed by atoms with E-state index in [2.05, 4.69) is 9.97 Å². The second-order valence-corrected chi connectivity index (χ2v) is 6.60. The first-order chi connectivity index (χ1) is 9.98. The van der Waals surface area contributed by atoms with Crippen LogP contribution in [0.5, 0.6) is 0 Å². The first-order valence-corrected chi connectivity index (χ1v) is 7.83. The molecule has 10 heteroatoms. The van der Waals surface area contributed by atoms with Crippen LogP contribution in [0.3, 0.4) is 0 Å². The molecule has 0 atom stereocenters. The lowest BCUT2D eigenvalue weighted by molar-refractivity contribution is 0.0730. The Bertz CT molecular complexity index is 793. The Kier molecular flexibility index (Phi) is 4.71. The molecule has 1 saturated heterocycles. The highest BCUT2D eigenvalue weighted by atomic mass is 35.5. The molecule has 0 unspecified atom stereocenters. The molecule has 0 saturated carbocycles. The van der Waals surface area contributed by atoms with Crippen molar-refractivity contribution < 1.29 is 13.2 Å². The summed E-state index contributed by atoms with van der Waals surface area (Å²) in [5.74, 6) is 0.223. The van der Waals surface area contributed by atoms with Gasteiger partial charge in [0.2, 0.25) is 16.0 Å². The van der Waals surface area contributed by atoms with Gasteiger partial charge in [0.05, 0.1) is 23.6 Å². The molecule has 0 spiro atoms. The number of ether oxygens (including phenoxy) is 1. The number of hydrogen-bond acceptors (Lipinski definition) is 7. The fourth-order valence-electron chi connectivity index (χ4n) is 2.25. The Labute approximate surface area is 133 Å². The van der Waals surface area contributed by atoms with Gasteiger partial charge in [-0.15, -0.1) is 12.4 Å². The number of anilines is 2. The van der Waals surface area contributed by atoms with Gasteiger partial charge < -0.3 is 16.2 Å². The fourth-order valence-corrected chi connectivity index (χ4v) is 3.68. The number of nitrogens with zero attached hydrogens (tertiary/aromatic N) is 3. The Hall–Kier alpha value is -1.68. The van der Waals surface area contributed by atoms with Crippen LogP contribution in [0.4, 0.5) is 11.8 Å². The van der Waals surface area contributed by atoms with Gasteiger partial charge >= 0.3 is 0 Å². The van der Waals surface area contributed by atoms with Crippen molar-refractivity contribution >= 4 is 45.1 Å². The summed E-state index contributed by atoms with van der Waals surface area (Å²) >= 11 is 0. The molecule has 22 heavy (non-hydrogen) atoms. The summed E-state index contributed by atoms with van der Waals surface area (Å²) in [5, 5.41) is 0.471. The molecule has 2 heterocycles. The predicted molar refractivity (Wildman–Crippen MR) is 85.2 cm³/mol. The first kappa shape index (κ1) is 16.7. The zero-order chi connectivity index (χ0) is 15.0. The number of morpholine rings is 1. The van der Waals surface area contributed by atoms with Crippen LogP contribution in [0, 0.1) is 0 Å². The smallest absolute Gasteiger partial charge is 0.243 e. The minimum atomic E-state index is -3.57. The largest absolute Gasteiger partial charge is 0.383 e. The monoisotopic (exact) mass is 345 g/mol. The molecular weight excluding hydrogens is 330 g/mol. The molecule has 1 aliphatic rings. The molecule has 1 aliphatic heterocycles. The predicted octanol–water partition coefficient (Wildman–Crippen LogP) is 0.237. The molecule has 4 N–H and O–H groups in total. The van der Waals surface area contributed by atoms with Crippen molar-refractivity contribution in [2.24, 2.45) is 0 Å². The van der Waals surface area contributed by atoms with E-state index in [1.807, 2.05) is 0 Å². The highest BCUT2D eigenvalue weighted by Crippen LogP contribution is 2.24. The van der Waals surface area contributed by atoms with E-state index in [1.54, 1.807) is 6.07 Å². The number of fused-ring (bicyclic) bond motifs is 1. The van der Waals surface area contributed by atoms with Crippen LogP contribution in [-0.2, 0) is 14.8 Å². The summed E-state index contributed by atoms with van der Waals surface area (Å²) in [7, 11) is -3.57. The van der Waals surface area contributed by atoms with E-state index < -0.39 is 10.0 Å². The minimum Gasteiger partial charge on any atom is -0.383 e. The summed E-state index contributed by atoms with van der Waals surface area (Å²) < 4.78 is 31.7. The number of rotatable bonds is 2. The van der Waals surface area contributed by atoms with E-state index in [9.17, 15) is 8.42 Å². The molecule has 2 aromatic rings. The van der Waals surface area contributed by atoms with Gasteiger partial charge in [-0.05, 0) is 18.2 Å². The van der Waals surface area contributed by atoms with E-state index in [1.165, 1.54) is 16.4 Å². The molecule has 120 valence electrons. The van der Waals surface area contributed by atoms with Gasteiger partial charge in [-0.2, -0.15) is 9.29 Å². The quantitative estimate of drug-likeness (QED) is 0.798. The first-order valence-electron chi connectivity index (χ1n) is 6.39. The lowest BCUT2D eigenvalue weighted by Crippen LogP contribution is -2.40. The zero-order valence-corrected chi connectivity index (χ0v) is 13.2. The molecule has 1 aromatic carbocycles. The summed E-state index contributed by atoms with van der Waals surface area (Å²) in [6, 6.07) is 4.56. The molecule has 0 aliphatic carbocycles. The molecule has 0 amide bonds. The average Bonchev–Trinajstić information content (AvgIpc) is 2.47. The second-order valence-electron chi connectivity index (χ2n) is 4.66. The Morgan fingerprint density at radius 1 is 1.14 bits per heavy atom. The second kappa shape index (κ2) is 6.21. The maximum absolute atomic E-state index is 12.6. The van der Waals surface area contributed by atoms with Crippen LogP contribution in [0.25, 0.3) is 10.9 Å². The lowest BCUT2D eigenvalue weighted by atomic mass is 10.2. The van der Waals surface area contributed by atoms with Crippen molar-refractivity contribution in [1.29, 1.82) is 0 Å². The van der Waals surface area contributed by atoms with Gasteiger partial charge in [0.25, 0.3) is 0 Å². The third-order valence-corrected chi connectivity index (χ3v) is 5.22. The highest BCUT2D eigenvalue weighted by molar-refractivity contribution is 7.89. The minimum absolute atomic E-state index is 0. The molecule has 3 rings (SSSR count). The molecule has 1 aromatic heterocycles. The van der Waals surface area contributed by atoms with E-state index in [0.29, 0.717) is 37.2 Å². The number of nitrogens with two attached hydrogens (primary N) is 2. The van der Waals surface area contributed by atoms with Gasteiger partial charge in [-0.25, -0.2) is 13.4 Å². The molecule has 0 radical (unpaired) electrons. The molecule has 1 fully saturated rings. The van der Waals surface area contributed by atoms with Crippen LogP contribution in [0.15, 0.2) is 23.1 Å². The van der Waals surface area contributed by atoms with E-state index in [4.69, 9.17) is 16.2 Å². The van der Waals surface area contributed by atoms with E-state index >= 15 is 0 Å². The number of sulfonamides is 1. The summed E-state index contributed by atoms with van der Waals surface area (Å²) in [6.45, 7) is 1.48. The molecular formula is C12H16ClN5O3S. The van der Waals surface area contributed by atoms with Gasteiger partial charge in [0, 0.05) is 18.5 Å². The van der Waals surface area contributed by atoms with Gasteiger partial charge in [0.15, 0.2) is 0 Å². The Balaban J connectivity index is 0.00000176. The van der Waals surface area contributed by atoms with Gasteiger partial charge in [0.1, 0.15) is 5.82 Å². The maximum atomic E-state index is 12.6. The maximum Gasteiger partial charge on any atom is 0.243 e. The molecule has 0 bridgehead atoms. The van der Waals surface area contributed by atoms with Crippen molar-refractivity contribution in [1.82, 2.24) is 14.3 Å². The average molecular weight is 346 g/mol. The number of benzene rings is 1. The topological polar surface area (TPSA) is 124 Å². The van der Waals surface area contributed by atoms with Crippen LogP contribution in [-0.4, -0.2) is 49.0 Å². The third kappa shape index (κ3) is 2.93. The zero-order valence-electron chi connectivity index (χ0n) is 11.6. The number of halogens is 1. The Morgan fingerprint density at radius 2 is 1.82 bits per heavy atom. The highest BCUT2D eigenvalue weighted by Gasteiger charge is 2.26. The van der Waals surface area contributed by atoms with Crippen LogP contribution < -0.4 is 11.5 Å².